The molecule has 0 radical (unpaired) electrons. The Labute approximate surface area is 101 Å². The maximum atomic E-state index is 10.8. The fourth-order valence-electron chi connectivity index (χ4n) is 2.12. The number of carboxylic acids is 1. The Balaban J connectivity index is 2.21. The van der Waals surface area contributed by atoms with Gasteiger partial charge in [-0.2, -0.15) is 0 Å². The first-order valence-electron chi connectivity index (χ1n) is 5.82. The van der Waals surface area contributed by atoms with Crippen molar-refractivity contribution in [3.63, 3.8) is 0 Å². The molecule has 0 spiro atoms. The summed E-state index contributed by atoms with van der Waals surface area (Å²) in [6.45, 7) is 4.63. The average Bonchev–Trinajstić information content (AvgIpc) is 2.59. The van der Waals surface area contributed by atoms with Gasteiger partial charge in [0.2, 0.25) is 0 Å². The molecule has 17 heavy (non-hydrogen) atoms. The molecule has 0 aliphatic carbocycles. The highest BCUT2D eigenvalue weighted by molar-refractivity contribution is 5.71. The maximum Gasteiger partial charge on any atom is 0.304 e. The lowest BCUT2D eigenvalue weighted by Gasteiger charge is -2.12. The van der Waals surface area contributed by atoms with Gasteiger partial charge in [-0.15, -0.1) is 0 Å². The average molecular weight is 235 g/mol. The largest absolute Gasteiger partial charge is 0.491 e. The van der Waals surface area contributed by atoms with Crippen LogP contribution in [0.1, 0.15) is 31.7 Å². The third-order valence-corrected chi connectivity index (χ3v) is 2.79. The van der Waals surface area contributed by atoms with Gasteiger partial charge in [0.15, 0.2) is 0 Å². The molecule has 0 fully saturated rings. The van der Waals surface area contributed by atoms with Crippen molar-refractivity contribution in [2.75, 3.05) is 11.9 Å². The van der Waals surface area contributed by atoms with Crippen LogP contribution in [0, 0.1) is 0 Å². The van der Waals surface area contributed by atoms with Crippen LogP contribution < -0.4 is 10.1 Å². The van der Waals surface area contributed by atoms with Crippen molar-refractivity contribution < 1.29 is 14.6 Å². The minimum atomic E-state index is -0.764. The van der Waals surface area contributed by atoms with Gasteiger partial charge in [0.05, 0.1) is 12.5 Å². The minimum Gasteiger partial charge on any atom is -0.491 e. The standard InChI is InChI=1S/C13H17NO3/c1-8(2)17-10-3-4-12-11(6-10)9(7-14-12)5-13(15)16/h3-4,6,8-9,14H,5,7H2,1-2H3,(H,15,16). The first-order chi connectivity index (χ1) is 8.06. The summed E-state index contributed by atoms with van der Waals surface area (Å²) in [7, 11) is 0. The van der Waals surface area contributed by atoms with Crippen LogP contribution in [-0.4, -0.2) is 23.7 Å². The smallest absolute Gasteiger partial charge is 0.304 e. The van der Waals surface area contributed by atoms with Crippen molar-refractivity contribution >= 4 is 11.7 Å². The molecule has 0 aromatic heterocycles. The highest BCUT2D eigenvalue weighted by atomic mass is 16.5. The molecule has 1 heterocycles. The Morgan fingerprint density at radius 2 is 2.35 bits per heavy atom. The second-order valence-corrected chi connectivity index (χ2v) is 4.59. The number of hydrogen-bond acceptors (Lipinski definition) is 3. The predicted molar refractivity (Wildman–Crippen MR) is 65.7 cm³/mol. The molecular formula is C13H17NO3. The lowest BCUT2D eigenvalue weighted by molar-refractivity contribution is -0.137. The number of hydrogen-bond donors (Lipinski definition) is 2. The summed E-state index contributed by atoms with van der Waals surface area (Å²) in [5.74, 6) is 0.0795. The first kappa shape index (κ1) is 11.8. The Morgan fingerprint density at radius 3 is 3.00 bits per heavy atom. The monoisotopic (exact) mass is 235 g/mol. The van der Waals surface area contributed by atoms with E-state index in [2.05, 4.69) is 5.32 Å². The highest BCUT2D eigenvalue weighted by Gasteiger charge is 2.24. The quantitative estimate of drug-likeness (QED) is 0.841. The Hall–Kier alpha value is -1.71. The summed E-state index contributed by atoms with van der Waals surface area (Å²) in [6.07, 6.45) is 0.283. The third kappa shape index (κ3) is 2.70. The van der Waals surface area contributed by atoms with E-state index in [4.69, 9.17) is 9.84 Å². The predicted octanol–water partition coefficient (Wildman–Crippen LogP) is 2.46. The van der Waals surface area contributed by atoms with E-state index < -0.39 is 5.97 Å². The summed E-state index contributed by atoms with van der Waals surface area (Å²) in [6, 6.07) is 5.81. The number of nitrogens with one attached hydrogen (secondary N) is 1. The molecule has 1 aliphatic heterocycles. The number of carbonyl (C=O) groups is 1. The van der Waals surface area contributed by atoms with Gasteiger partial charge in [-0.1, -0.05) is 0 Å². The summed E-state index contributed by atoms with van der Waals surface area (Å²) in [4.78, 5) is 10.8. The molecule has 4 nitrogen and oxygen atoms in total. The van der Waals surface area contributed by atoms with Gasteiger partial charge in [-0.3, -0.25) is 4.79 Å². The summed E-state index contributed by atoms with van der Waals surface area (Å²) < 4.78 is 5.62. The van der Waals surface area contributed by atoms with Gasteiger partial charge in [0.1, 0.15) is 5.75 Å². The number of aliphatic carboxylic acids is 1. The van der Waals surface area contributed by atoms with Crippen LogP contribution in [0.5, 0.6) is 5.75 Å². The van der Waals surface area contributed by atoms with Crippen LogP contribution in [0.15, 0.2) is 18.2 Å². The van der Waals surface area contributed by atoms with Gasteiger partial charge in [-0.25, -0.2) is 0 Å². The summed E-state index contributed by atoms with van der Waals surface area (Å²) >= 11 is 0. The molecule has 1 aliphatic rings. The van der Waals surface area contributed by atoms with Crippen molar-refractivity contribution in [2.24, 2.45) is 0 Å². The number of carboxylic acid groups (broad SMARTS) is 1. The fourth-order valence-corrected chi connectivity index (χ4v) is 2.12. The van der Waals surface area contributed by atoms with E-state index in [-0.39, 0.29) is 18.4 Å². The summed E-state index contributed by atoms with van der Waals surface area (Å²) in [5, 5.41) is 12.1. The van der Waals surface area contributed by atoms with Crippen LogP contribution in [0.25, 0.3) is 0 Å². The van der Waals surface area contributed by atoms with E-state index in [0.717, 1.165) is 17.0 Å². The molecule has 0 saturated carbocycles. The van der Waals surface area contributed by atoms with Gasteiger partial charge in [0.25, 0.3) is 0 Å². The van der Waals surface area contributed by atoms with E-state index in [1.54, 1.807) is 0 Å². The molecule has 1 unspecified atom stereocenters. The first-order valence-corrected chi connectivity index (χ1v) is 5.82. The van der Waals surface area contributed by atoms with Crippen LogP contribution in [0.4, 0.5) is 5.69 Å². The molecule has 2 N–H and O–H groups in total. The zero-order valence-electron chi connectivity index (χ0n) is 10.1. The SMILES string of the molecule is CC(C)Oc1ccc2c(c1)C(CC(=O)O)CN2. The number of ether oxygens (including phenoxy) is 1. The molecule has 1 atom stereocenters. The lowest BCUT2D eigenvalue weighted by Crippen LogP contribution is -2.08. The van der Waals surface area contributed by atoms with E-state index in [0.29, 0.717) is 6.54 Å². The lowest BCUT2D eigenvalue weighted by atomic mass is 9.98. The Morgan fingerprint density at radius 1 is 1.59 bits per heavy atom. The van der Waals surface area contributed by atoms with Gasteiger partial charge >= 0.3 is 5.97 Å². The normalized spacial score (nSPS) is 17.7. The van der Waals surface area contributed by atoms with Crippen molar-refractivity contribution in [3.8, 4) is 5.75 Å². The molecule has 2 rings (SSSR count). The van der Waals surface area contributed by atoms with Crippen LogP contribution in [0.2, 0.25) is 0 Å². The number of fused-ring (bicyclic) bond motifs is 1. The minimum absolute atomic E-state index is 0.0400. The van der Waals surface area contributed by atoms with E-state index in [1.807, 2.05) is 32.0 Å². The molecule has 0 saturated heterocycles. The van der Waals surface area contributed by atoms with Gasteiger partial charge in [-0.05, 0) is 37.6 Å². The molecule has 4 heteroatoms. The zero-order chi connectivity index (χ0) is 12.4. The van der Waals surface area contributed by atoms with Gasteiger partial charge < -0.3 is 15.2 Å². The molecule has 1 aromatic rings. The maximum absolute atomic E-state index is 10.8. The van der Waals surface area contributed by atoms with Crippen LogP contribution in [-0.2, 0) is 4.79 Å². The number of benzene rings is 1. The highest BCUT2D eigenvalue weighted by Crippen LogP contribution is 2.36. The van der Waals surface area contributed by atoms with Gasteiger partial charge in [0, 0.05) is 18.2 Å². The topological polar surface area (TPSA) is 58.6 Å². The van der Waals surface area contributed by atoms with Crippen LogP contribution >= 0.6 is 0 Å². The van der Waals surface area contributed by atoms with E-state index >= 15 is 0 Å². The van der Waals surface area contributed by atoms with Crippen molar-refractivity contribution in [1.82, 2.24) is 0 Å². The zero-order valence-corrected chi connectivity index (χ0v) is 10.1. The fraction of sp³-hybridized carbons (Fsp3) is 0.462. The van der Waals surface area contributed by atoms with Crippen LogP contribution in [0.3, 0.4) is 0 Å². The number of rotatable bonds is 4. The Bertz CT molecular complexity index is 429. The molecule has 0 bridgehead atoms. The molecular weight excluding hydrogens is 218 g/mol. The van der Waals surface area contributed by atoms with E-state index in [1.165, 1.54) is 0 Å². The summed E-state index contributed by atoms with van der Waals surface area (Å²) in [5.41, 5.74) is 2.07. The van der Waals surface area contributed by atoms with E-state index in [9.17, 15) is 4.79 Å². The number of anilines is 1. The van der Waals surface area contributed by atoms with Crippen molar-refractivity contribution in [1.29, 1.82) is 0 Å². The molecule has 1 aromatic carbocycles. The second kappa shape index (κ2) is 4.65. The third-order valence-electron chi connectivity index (χ3n) is 2.79. The Kier molecular flexibility index (Phi) is 3.22. The molecule has 92 valence electrons. The van der Waals surface area contributed by atoms with Crippen molar-refractivity contribution in [2.45, 2.75) is 32.3 Å². The van der Waals surface area contributed by atoms with Crippen molar-refractivity contribution in [3.05, 3.63) is 23.8 Å². The molecule has 0 amide bonds. The second-order valence-electron chi connectivity index (χ2n) is 4.59.